The zero-order valence-electron chi connectivity index (χ0n) is 10.1. The van der Waals surface area contributed by atoms with Crippen LogP contribution in [0.1, 0.15) is 11.1 Å². The second-order valence-electron chi connectivity index (χ2n) is 4.14. The fourth-order valence-corrected chi connectivity index (χ4v) is 1.85. The van der Waals surface area contributed by atoms with Crippen LogP contribution in [-0.2, 0) is 12.4 Å². The summed E-state index contributed by atoms with van der Waals surface area (Å²) in [5.74, 6) is 0. The maximum atomic E-state index is 12.6. The number of halogens is 7. The van der Waals surface area contributed by atoms with Gasteiger partial charge in [0.25, 0.3) is 0 Å². The molecule has 0 fully saturated rings. The summed E-state index contributed by atoms with van der Waals surface area (Å²) < 4.78 is 75.2. The highest BCUT2D eigenvalue weighted by molar-refractivity contribution is 6.29. The van der Waals surface area contributed by atoms with Crippen LogP contribution in [0.25, 0.3) is 11.3 Å². The lowest BCUT2D eigenvalue weighted by Crippen LogP contribution is -2.06. The lowest BCUT2D eigenvalue weighted by molar-refractivity contribution is -0.138. The summed E-state index contributed by atoms with van der Waals surface area (Å²) in [5, 5.41) is -0.389. The van der Waals surface area contributed by atoms with Crippen LogP contribution in [0.2, 0.25) is 5.15 Å². The minimum atomic E-state index is -4.62. The van der Waals surface area contributed by atoms with Gasteiger partial charge in [-0.15, -0.1) is 0 Å². The van der Waals surface area contributed by atoms with Crippen molar-refractivity contribution in [3.05, 3.63) is 52.7 Å². The van der Waals surface area contributed by atoms with Gasteiger partial charge in [-0.1, -0.05) is 23.7 Å². The average Bonchev–Trinajstić information content (AvgIpc) is 2.36. The van der Waals surface area contributed by atoms with Gasteiger partial charge >= 0.3 is 12.4 Å². The molecule has 2 aromatic rings. The van der Waals surface area contributed by atoms with Gasteiger partial charge in [-0.3, -0.25) is 0 Å². The summed E-state index contributed by atoms with van der Waals surface area (Å²) in [6, 6.07) is 5.00. The van der Waals surface area contributed by atoms with E-state index in [0.29, 0.717) is 6.07 Å². The molecule has 1 heterocycles. The maximum Gasteiger partial charge on any atom is 0.416 e. The van der Waals surface area contributed by atoms with Gasteiger partial charge in [0.2, 0.25) is 0 Å². The molecule has 0 radical (unpaired) electrons. The zero-order chi connectivity index (χ0) is 15.8. The molecule has 112 valence electrons. The first-order valence-corrected chi connectivity index (χ1v) is 5.87. The van der Waals surface area contributed by atoms with E-state index in [0.717, 1.165) is 30.3 Å². The Morgan fingerprint density at radius 2 is 1.29 bits per heavy atom. The first-order chi connectivity index (χ1) is 9.57. The van der Waals surface area contributed by atoms with Gasteiger partial charge in [0.1, 0.15) is 5.15 Å². The van der Waals surface area contributed by atoms with Crippen LogP contribution in [0.4, 0.5) is 26.3 Å². The first kappa shape index (κ1) is 15.6. The quantitative estimate of drug-likeness (QED) is 0.502. The SMILES string of the molecule is FC(F)(F)c1ccc(-c2cc(C(F)(F)F)cc(Cl)n2)cc1. The van der Waals surface area contributed by atoms with Crippen molar-refractivity contribution in [3.63, 3.8) is 0 Å². The van der Waals surface area contributed by atoms with E-state index in [-0.39, 0.29) is 16.4 Å². The zero-order valence-corrected chi connectivity index (χ0v) is 10.8. The monoisotopic (exact) mass is 325 g/mol. The highest BCUT2D eigenvalue weighted by Crippen LogP contribution is 2.34. The minimum Gasteiger partial charge on any atom is -0.236 e. The van der Waals surface area contributed by atoms with Gasteiger partial charge in [-0.25, -0.2) is 4.98 Å². The van der Waals surface area contributed by atoms with Gasteiger partial charge < -0.3 is 0 Å². The Morgan fingerprint density at radius 3 is 1.76 bits per heavy atom. The fourth-order valence-electron chi connectivity index (χ4n) is 1.64. The molecule has 0 unspecified atom stereocenters. The topological polar surface area (TPSA) is 12.9 Å². The molecule has 0 aliphatic carbocycles. The van der Waals surface area contributed by atoms with E-state index in [9.17, 15) is 26.3 Å². The molecule has 0 amide bonds. The summed E-state index contributed by atoms with van der Waals surface area (Å²) in [4.78, 5) is 3.69. The molecule has 1 aromatic heterocycles. The maximum absolute atomic E-state index is 12.6. The Bertz CT molecular complexity index is 645. The van der Waals surface area contributed by atoms with Gasteiger partial charge in [0, 0.05) is 5.56 Å². The van der Waals surface area contributed by atoms with Crippen molar-refractivity contribution in [1.29, 1.82) is 0 Å². The second-order valence-corrected chi connectivity index (χ2v) is 4.52. The number of aromatic nitrogens is 1. The molecular weight excluding hydrogens is 320 g/mol. The van der Waals surface area contributed by atoms with E-state index in [1.807, 2.05) is 0 Å². The second kappa shape index (κ2) is 5.22. The number of nitrogens with zero attached hydrogens (tertiary/aromatic N) is 1. The standard InChI is InChI=1S/C13H6ClF6N/c14-11-6-9(13(18,19)20)5-10(21-11)7-1-3-8(4-2-7)12(15,16)17/h1-6H. The highest BCUT2D eigenvalue weighted by atomic mass is 35.5. The molecule has 8 heteroatoms. The molecule has 21 heavy (non-hydrogen) atoms. The molecule has 0 N–H and O–H groups in total. The van der Waals surface area contributed by atoms with E-state index in [4.69, 9.17) is 11.6 Å². The third-order valence-electron chi connectivity index (χ3n) is 2.63. The smallest absolute Gasteiger partial charge is 0.236 e. The van der Waals surface area contributed by atoms with E-state index in [1.165, 1.54) is 0 Å². The number of pyridine rings is 1. The van der Waals surface area contributed by atoms with Gasteiger partial charge in [-0.2, -0.15) is 26.3 Å². The third-order valence-corrected chi connectivity index (χ3v) is 2.82. The van der Waals surface area contributed by atoms with Gasteiger partial charge in [0.05, 0.1) is 16.8 Å². The molecule has 2 rings (SSSR count). The van der Waals surface area contributed by atoms with Crippen LogP contribution in [0.5, 0.6) is 0 Å². The van der Waals surface area contributed by atoms with Crippen LogP contribution in [0.3, 0.4) is 0 Å². The summed E-state index contributed by atoms with van der Waals surface area (Å²) >= 11 is 5.52. The molecule has 0 saturated heterocycles. The number of benzene rings is 1. The van der Waals surface area contributed by atoms with Crippen LogP contribution >= 0.6 is 11.6 Å². The van der Waals surface area contributed by atoms with Gasteiger partial charge in [0.15, 0.2) is 0 Å². The van der Waals surface area contributed by atoms with Crippen LogP contribution in [0.15, 0.2) is 36.4 Å². The normalized spacial score (nSPS) is 12.5. The Morgan fingerprint density at radius 1 is 0.762 bits per heavy atom. The largest absolute Gasteiger partial charge is 0.416 e. The molecule has 0 atom stereocenters. The predicted octanol–water partition coefficient (Wildman–Crippen LogP) is 5.44. The first-order valence-electron chi connectivity index (χ1n) is 5.50. The van der Waals surface area contributed by atoms with Crippen LogP contribution < -0.4 is 0 Å². The van der Waals surface area contributed by atoms with Crippen molar-refractivity contribution >= 4 is 11.6 Å². The van der Waals surface area contributed by atoms with Crippen molar-refractivity contribution in [2.75, 3.05) is 0 Å². The molecular formula is C13H6ClF6N. The summed E-state index contributed by atoms with van der Waals surface area (Å²) in [6.45, 7) is 0. The highest BCUT2D eigenvalue weighted by Gasteiger charge is 2.32. The Kier molecular flexibility index (Phi) is 3.88. The fraction of sp³-hybridized carbons (Fsp3) is 0.154. The Labute approximate surface area is 120 Å². The molecule has 0 saturated carbocycles. The number of rotatable bonds is 1. The number of hydrogen-bond donors (Lipinski definition) is 0. The molecule has 1 nitrogen and oxygen atoms in total. The molecule has 1 aromatic carbocycles. The van der Waals surface area contributed by atoms with E-state index in [1.54, 1.807) is 0 Å². The molecule has 0 spiro atoms. The number of alkyl halides is 6. The lowest BCUT2D eigenvalue weighted by atomic mass is 10.1. The third kappa shape index (κ3) is 3.66. The van der Waals surface area contributed by atoms with Crippen molar-refractivity contribution in [2.24, 2.45) is 0 Å². The van der Waals surface area contributed by atoms with Crippen molar-refractivity contribution in [3.8, 4) is 11.3 Å². The molecule has 0 aliphatic heterocycles. The van der Waals surface area contributed by atoms with Crippen LogP contribution in [-0.4, -0.2) is 4.98 Å². The van der Waals surface area contributed by atoms with Gasteiger partial charge in [-0.05, 0) is 24.3 Å². The summed E-state index contributed by atoms with van der Waals surface area (Å²) in [7, 11) is 0. The van der Waals surface area contributed by atoms with E-state index >= 15 is 0 Å². The van der Waals surface area contributed by atoms with Crippen molar-refractivity contribution < 1.29 is 26.3 Å². The van der Waals surface area contributed by atoms with E-state index < -0.39 is 23.5 Å². The average molecular weight is 326 g/mol. The van der Waals surface area contributed by atoms with Crippen molar-refractivity contribution in [1.82, 2.24) is 4.98 Å². The van der Waals surface area contributed by atoms with Crippen molar-refractivity contribution in [2.45, 2.75) is 12.4 Å². The minimum absolute atomic E-state index is 0.107. The molecule has 0 bridgehead atoms. The van der Waals surface area contributed by atoms with Crippen LogP contribution in [0, 0.1) is 0 Å². The Hall–Kier alpha value is -1.76. The molecule has 0 aliphatic rings. The lowest BCUT2D eigenvalue weighted by Gasteiger charge is -2.10. The Balaban J connectivity index is 2.45. The summed E-state index contributed by atoms with van der Waals surface area (Å²) in [6.07, 6.45) is -9.13. The predicted molar refractivity (Wildman–Crippen MR) is 64.7 cm³/mol. The van der Waals surface area contributed by atoms with E-state index in [2.05, 4.69) is 4.98 Å². The number of hydrogen-bond acceptors (Lipinski definition) is 1. The summed E-state index contributed by atoms with van der Waals surface area (Å²) in [5.41, 5.74) is -1.96.